The van der Waals surface area contributed by atoms with Crippen molar-refractivity contribution in [1.29, 1.82) is 0 Å². The van der Waals surface area contributed by atoms with Crippen molar-refractivity contribution < 1.29 is 23.8 Å². The molecule has 0 radical (unpaired) electrons. The van der Waals surface area contributed by atoms with Crippen LogP contribution < -0.4 is 0 Å². The first-order chi connectivity index (χ1) is 15.4. The summed E-state index contributed by atoms with van der Waals surface area (Å²) < 4.78 is 19.4. The minimum Gasteiger partial charge on any atom is -0.503 e. The summed E-state index contributed by atoms with van der Waals surface area (Å²) in [5.74, 6) is -2.08. The average molecular weight is 460 g/mol. The van der Waals surface area contributed by atoms with Crippen LogP contribution in [0.2, 0.25) is 0 Å². The summed E-state index contributed by atoms with van der Waals surface area (Å²) in [4.78, 5) is 34.9. The van der Waals surface area contributed by atoms with Crippen LogP contribution in [0.25, 0.3) is 0 Å². The minimum absolute atomic E-state index is 0.0151. The van der Waals surface area contributed by atoms with Gasteiger partial charge in [-0.05, 0) is 38.0 Å². The molecule has 7 nitrogen and oxygen atoms in total. The van der Waals surface area contributed by atoms with Crippen LogP contribution in [-0.4, -0.2) is 71.0 Å². The van der Waals surface area contributed by atoms with Crippen LogP contribution in [0, 0.1) is 19.7 Å². The zero-order valence-corrected chi connectivity index (χ0v) is 19.0. The molecular formula is C23H26FN3O4S. The molecule has 1 aromatic heterocycles. The van der Waals surface area contributed by atoms with Gasteiger partial charge in [0.25, 0.3) is 5.91 Å². The number of amides is 1. The van der Waals surface area contributed by atoms with Crippen molar-refractivity contribution >= 4 is 23.0 Å². The van der Waals surface area contributed by atoms with Crippen LogP contribution in [0.1, 0.15) is 38.4 Å². The Labute approximate surface area is 190 Å². The predicted molar refractivity (Wildman–Crippen MR) is 118 cm³/mol. The van der Waals surface area contributed by atoms with Gasteiger partial charge in [-0.1, -0.05) is 12.1 Å². The van der Waals surface area contributed by atoms with E-state index in [-0.39, 0.29) is 5.57 Å². The molecule has 0 spiro atoms. The van der Waals surface area contributed by atoms with Gasteiger partial charge in [0.15, 0.2) is 5.76 Å². The van der Waals surface area contributed by atoms with Crippen LogP contribution in [0.15, 0.2) is 35.6 Å². The molecule has 2 aliphatic heterocycles. The van der Waals surface area contributed by atoms with Crippen LogP contribution in [-0.2, 0) is 9.53 Å². The molecule has 1 amide bonds. The molecule has 1 aromatic carbocycles. The number of morpholine rings is 1. The van der Waals surface area contributed by atoms with Gasteiger partial charge in [-0.15, -0.1) is 11.3 Å². The van der Waals surface area contributed by atoms with Crippen LogP contribution in [0.3, 0.4) is 0 Å². The van der Waals surface area contributed by atoms with E-state index in [1.54, 1.807) is 26.0 Å². The van der Waals surface area contributed by atoms with Gasteiger partial charge in [0.1, 0.15) is 5.82 Å². The molecular weight excluding hydrogens is 433 g/mol. The van der Waals surface area contributed by atoms with Crippen molar-refractivity contribution in [3.05, 3.63) is 62.6 Å². The maximum absolute atomic E-state index is 14.1. The number of carbonyl (C=O) groups excluding carboxylic acids is 2. The van der Waals surface area contributed by atoms with Crippen molar-refractivity contribution in [1.82, 2.24) is 14.8 Å². The van der Waals surface area contributed by atoms with E-state index in [1.807, 2.05) is 0 Å². The molecule has 0 bridgehead atoms. The normalized spacial score (nSPS) is 19.8. The number of thiazole rings is 1. The summed E-state index contributed by atoms with van der Waals surface area (Å²) in [5.41, 5.74) is 0.990. The number of hydrogen-bond acceptors (Lipinski definition) is 7. The Balaban J connectivity index is 1.64. The quantitative estimate of drug-likeness (QED) is 0.641. The van der Waals surface area contributed by atoms with Crippen molar-refractivity contribution in [2.75, 3.05) is 39.4 Å². The number of rotatable bonds is 7. The number of Topliss-reactive ketones (excluding diaryl/α,β-unsaturated/α-hetero) is 1. The molecule has 32 heavy (non-hydrogen) atoms. The first kappa shape index (κ1) is 22.6. The minimum atomic E-state index is -0.850. The van der Waals surface area contributed by atoms with Gasteiger partial charge in [0.05, 0.1) is 40.4 Å². The highest BCUT2D eigenvalue weighted by Gasteiger charge is 2.44. The molecule has 0 aliphatic carbocycles. The lowest BCUT2D eigenvalue weighted by atomic mass is 9.95. The molecule has 170 valence electrons. The van der Waals surface area contributed by atoms with E-state index in [2.05, 4.69) is 9.88 Å². The second kappa shape index (κ2) is 9.48. The fourth-order valence-electron chi connectivity index (χ4n) is 4.29. The Hall–Kier alpha value is -2.62. The fourth-order valence-corrected chi connectivity index (χ4v) is 5.17. The topological polar surface area (TPSA) is 83.0 Å². The smallest absolute Gasteiger partial charge is 0.290 e. The van der Waals surface area contributed by atoms with Crippen molar-refractivity contribution in [2.45, 2.75) is 26.3 Å². The van der Waals surface area contributed by atoms with E-state index in [9.17, 15) is 19.1 Å². The molecule has 1 atom stereocenters. The van der Waals surface area contributed by atoms with E-state index in [0.29, 0.717) is 42.3 Å². The van der Waals surface area contributed by atoms with E-state index in [4.69, 9.17) is 4.74 Å². The third kappa shape index (κ3) is 4.46. The number of hydrogen-bond donors (Lipinski definition) is 1. The highest BCUT2D eigenvalue weighted by Crippen LogP contribution is 2.40. The number of benzene rings is 1. The monoisotopic (exact) mass is 459 g/mol. The summed E-state index contributed by atoms with van der Waals surface area (Å²) in [7, 11) is 0. The lowest BCUT2D eigenvalue weighted by molar-refractivity contribution is -0.129. The number of ether oxygens (including phenoxy) is 1. The molecule has 4 rings (SSSR count). The highest BCUT2D eigenvalue weighted by atomic mass is 32.1. The van der Waals surface area contributed by atoms with E-state index in [0.717, 1.165) is 24.6 Å². The number of aromatic nitrogens is 1. The van der Waals surface area contributed by atoms with Gasteiger partial charge in [0, 0.05) is 26.2 Å². The predicted octanol–water partition coefficient (Wildman–Crippen LogP) is 3.20. The maximum atomic E-state index is 14.1. The molecule has 9 heteroatoms. The number of ketones is 1. The fraction of sp³-hybridized carbons (Fsp3) is 0.435. The van der Waals surface area contributed by atoms with Crippen molar-refractivity contribution in [3.8, 4) is 0 Å². The summed E-state index contributed by atoms with van der Waals surface area (Å²) in [6.45, 7) is 7.65. The van der Waals surface area contributed by atoms with Crippen LogP contribution in [0.5, 0.6) is 0 Å². The Morgan fingerprint density at radius 1 is 1.28 bits per heavy atom. The highest BCUT2D eigenvalue weighted by molar-refractivity contribution is 7.14. The Bertz CT molecular complexity index is 1060. The Morgan fingerprint density at radius 3 is 2.69 bits per heavy atom. The zero-order valence-electron chi connectivity index (χ0n) is 18.1. The summed E-state index contributed by atoms with van der Waals surface area (Å²) in [6.07, 6.45) is 0.658. The van der Waals surface area contributed by atoms with E-state index >= 15 is 0 Å². The van der Waals surface area contributed by atoms with Gasteiger partial charge in [0.2, 0.25) is 5.78 Å². The van der Waals surface area contributed by atoms with E-state index in [1.165, 1.54) is 28.4 Å². The lowest BCUT2D eigenvalue weighted by Crippen LogP contribution is -2.39. The van der Waals surface area contributed by atoms with Gasteiger partial charge in [-0.3, -0.25) is 14.5 Å². The standard InChI is InChI=1S/C23H26FN3O4S/c1-14-22(32-15(2)25-14)20(28)18-19(16-5-3-6-17(24)13-16)27(23(30)21(18)29)8-4-7-26-9-11-31-12-10-26/h3,5-6,13,19,29H,4,7-12H2,1-2H3/t19-/m0/s1. The van der Waals surface area contributed by atoms with Gasteiger partial charge < -0.3 is 14.7 Å². The zero-order chi connectivity index (χ0) is 22.8. The van der Waals surface area contributed by atoms with Crippen LogP contribution >= 0.6 is 11.3 Å². The van der Waals surface area contributed by atoms with Gasteiger partial charge in [-0.25, -0.2) is 9.37 Å². The van der Waals surface area contributed by atoms with Gasteiger partial charge in [-0.2, -0.15) is 0 Å². The summed E-state index contributed by atoms with van der Waals surface area (Å²) in [6, 6.07) is 4.99. The second-order valence-corrected chi connectivity index (χ2v) is 9.21. The summed E-state index contributed by atoms with van der Waals surface area (Å²) in [5, 5.41) is 11.5. The SMILES string of the molecule is Cc1nc(C)c(C(=O)C2=C(O)C(=O)N(CCCN3CCOCC3)[C@H]2c2cccc(F)c2)s1. The number of nitrogens with zero attached hydrogens (tertiary/aromatic N) is 3. The Kier molecular flexibility index (Phi) is 6.68. The molecule has 1 saturated heterocycles. The molecule has 3 heterocycles. The maximum Gasteiger partial charge on any atom is 0.290 e. The second-order valence-electron chi connectivity index (χ2n) is 8.00. The average Bonchev–Trinajstić information content (AvgIpc) is 3.24. The third-order valence-electron chi connectivity index (χ3n) is 5.80. The molecule has 1 fully saturated rings. The number of halogens is 1. The molecule has 2 aliphatic rings. The molecule has 1 N–H and O–H groups in total. The largest absolute Gasteiger partial charge is 0.503 e. The van der Waals surface area contributed by atoms with Gasteiger partial charge >= 0.3 is 0 Å². The first-order valence-corrected chi connectivity index (χ1v) is 11.5. The Morgan fingerprint density at radius 2 is 2.03 bits per heavy atom. The number of aliphatic hydroxyl groups excluding tert-OH is 1. The first-order valence-electron chi connectivity index (χ1n) is 10.6. The molecule has 2 aromatic rings. The summed E-state index contributed by atoms with van der Waals surface area (Å²) >= 11 is 1.22. The van der Waals surface area contributed by atoms with Crippen molar-refractivity contribution in [2.24, 2.45) is 0 Å². The number of aryl methyl sites for hydroxylation is 2. The lowest BCUT2D eigenvalue weighted by Gasteiger charge is -2.30. The van der Waals surface area contributed by atoms with E-state index < -0.39 is 29.3 Å². The third-order valence-corrected chi connectivity index (χ3v) is 6.87. The molecule has 0 saturated carbocycles. The number of carbonyl (C=O) groups is 2. The van der Waals surface area contributed by atoms with Crippen molar-refractivity contribution in [3.63, 3.8) is 0 Å². The number of aliphatic hydroxyl groups is 1. The molecule has 0 unspecified atom stereocenters. The van der Waals surface area contributed by atoms with Crippen LogP contribution in [0.4, 0.5) is 4.39 Å².